The number of hydrogen-bond donors (Lipinski definition) is 1. The van der Waals surface area contributed by atoms with E-state index in [1.54, 1.807) is 12.1 Å². The van der Waals surface area contributed by atoms with Gasteiger partial charge in [-0.2, -0.15) is 0 Å². The Labute approximate surface area is 180 Å². The molecule has 7 heteroatoms. The fraction of sp³-hybridized carbons (Fsp3) is 0.391. The molecule has 0 bridgehead atoms. The lowest BCUT2D eigenvalue weighted by Gasteiger charge is -2.36. The minimum Gasteiger partial charge on any atom is -0.369 e. The molecule has 0 spiro atoms. The van der Waals surface area contributed by atoms with Crippen LogP contribution in [-0.4, -0.2) is 47.2 Å². The lowest BCUT2D eigenvalue weighted by molar-refractivity contribution is 0.251. The Morgan fingerprint density at radius 2 is 1.63 bits per heavy atom. The molecule has 0 atom stereocenters. The zero-order valence-electron chi connectivity index (χ0n) is 17.0. The molecule has 2 heterocycles. The van der Waals surface area contributed by atoms with E-state index in [2.05, 4.69) is 20.9 Å². The Morgan fingerprint density at radius 1 is 0.867 bits per heavy atom. The van der Waals surface area contributed by atoms with Crippen molar-refractivity contribution in [2.45, 2.75) is 25.8 Å². The summed E-state index contributed by atoms with van der Waals surface area (Å²) < 4.78 is 1.33. The van der Waals surface area contributed by atoms with E-state index in [0.29, 0.717) is 17.4 Å². The molecule has 30 heavy (non-hydrogen) atoms. The second kappa shape index (κ2) is 9.49. The van der Waals surface area contributed by atoms with Crippen LogP contribution in [0.5, 0.6) is 0 Å². The molecule has 0 aliphatic carbocycles. The topological polar surface area (TPSA) is 61.3 Å². The summed E-state index contributed by atoms with van der Waals surface area (Å²) in [6.07, 6.45) is 2.88. The van der Waals surface area contributed by atoms with E-state index >= 15 is 0 Å². The van der Waals surface area contributed by atoms with Crippen molar-refractivity contribution >= 4 is 28.2 Å². The highest BCUT2D eigenvalue weighted by Crippen LogP contribution is 2.20. The van der Waals surface area contributed by atoms with Gasteiger partial charge < -0.3 is 9.88 Å². The molecule has 0 amide bonds. The molecule has 1 aliphatic heterocycles. The van der Waals surface area contributed by atoms with E-state index in [9.17, 15) is 9.59 Å². The predicted molar refractivity (Wildman–Crippen MR) is 123 cm³/mol. The van der Waals surface area contributed by atoms with E-state index in [1.165, 1.54) is 10.3 Å². The number of nitrogens with one attached hydrogen (secondary N) is 1. The Bertz CT molecular complexity index is 1120. The maximum absolute atomic E-state index is 12.6. The van der Waals surface area contributed by atoms with Crippen LogP contribution < -0.4 is 16.1 Å². The van der Waals surface area contributed by atoms with Crippen LogP contribution in [-0.2, 0) is 6.54 Å². The van der Waals surface area contributed by atoms with E-state index in [-0.39, 0.29) is 11.2 Å². The predicted octanol–water partition coefficient (Wildman–Crippen LogP) is 3.34. The standard InChI is InChI=1S/C23H27ClN4O2/c24-18-7-6-8-19(17-18)27-15-13-26(14-16-27)11-4-1-5-12-28-22(29)20-9-2-3-10-21(20)25-23(28)30/h2-3,6-10,17H,1,4-5,11-16H2,(H,25,30). The van der Waals surface area contributed by atoms with Gasteiger partial charge in [0, 0.05) is 43.4 Å². The van der Waals surface area contributed by atoms with Crippen molar-refractivity contribution in [3.8, 4) is 0 Å². The summed E-state index contributed by atoms with van der Waals surface area (Å²) in [6.45, 7) is 5.59. The quantitative estimate of drug-likeness (QED) is 0.588. The Kier molecular flexibility index (Phi) is 6.55. The normalized spacial score (nSPS) is 15.0. The molecule has 1 aromatic heterocycles. The lowest BCUT2D eigenvalue weighted by Crippen LogP contribution is -2.46. The van der Waals surface area contributed by atoms with Crippen LogP contribution >= 0.6 is 11.6 Å². The highest BCUT2D eigenvalue weighted by molar-refractivity contribution is 6.30. The summed E-state index contributed by atoms with van der Waals surface area (Å²) in [7, 11) is 0. The zero-order valence-corrected chi connectivity index (χ0v) is 17.8. The number of rotatable bonds is 7. The maximum Gasteiger partial charge on any atom is 0.328 e. The number of hydrogen-bond acceptors (Lipinski definition) is 4. The van der Waals surface area contributed by atoms with Gasteiger partial charge in [0.05, 0.1) is 10.9 Å². The van der Waals surface area contributed by atoms with Gasteiger partial charge in [0.1, 0.15) is 0 Å². The van der Waals surface area contributed by atoms with E-state index in [4.69, 9.17) is 11.6 Å². The van der Waals surface area contributed by atoms with Crippen molar-refractivity contribution in [1.82, 2.24) is 14.5 Å². The van der Waals surface area contributed by atoms with Crippen LogP contribution in [0.25, 0.3) is 10.9 Å². The largest absolute Gasteiger partial charge is 0.369 e. The summed E-state index contributed by atoms with van der Waals surface area (Å²) in [5.41, 5.74) is 1.26. The number of nitrogens with zero attached hydrogens (tertiary/aromatic N) is 3. The molecular weight excluding hydrogens is 400 g/mol. The van der Waals surface area contributed by atoms with Crippen molar-refractivity contribution < 1.29 is 0 Å². The van der Waals surface area contributed by atoms with Crippen LogP contribution in [0.4, 0.5) is 5.69 Å². The lowest BCUT2D eigenvalue weighted by atomic mass is 10.2. The monoisotopic (exact) mass is 426 g/mol. The molecule has 0 unspecified atom stereocenters. The first-order valence-electron chi connectivity index (χ1n) is 10.6. The van der Waals surface area contributed by atoms with Crippen molar-refractivity contribution in [3.63, 3.8) is 0 Å². The summed E-state index contributed by atoms with van der Waals surface area (Å²) in [5, 5.41) is 1.34. The number of fused-ring (bicyclic) bond motifs is 1. The van der Waals surface area contributed by atoms with Gasteiger partial charge in [-0.3, -0.25) is 14.3 Å². The van der Waals surface area contributed by atoms with Crippen molar-refractivity contribution in [3.05, 3.63) is 74.4 Å². The molecule has 6 nitrogen and oxygen atoms in total. The molecule has 3 aromatic rings. The zero-order chi connectivity index (χ0) is 20.9. The SMILES string of the molecule is O=c1[nH]c2ccccc2c(=O)n1CCCCCN1CCN(c2cccc(Cl)c2)CC1. The molecule has 4 rings (SSSR count). The third-order valence-corrected chi connectivity index (χ3v) is 6.03. The fourth-order valence-electron chi connectivity index (χ4n) is 4.09. The first-order valence-corrected chi connectivity index (χ1v) is 10.9. The summed E-state index contributed by atoms with van der Waals surface area (Å²) in [4.78, 5) is 32.4. The third-order valence-electron chi connectivity index (χ3n) is 5.79. The third kappa shape index (κ3) is 4.77. The molecule has 0 saturated carbocycles. The Morgan fingerprint density at radius 3 is 2.43 bits per heavy atom. The van der Waals surface area contributed by atoms with Gasteiger partial charge in [0.25, 0.3) is 5.56 Å². The number of aromatic amines is 1. The average molecular weight is 427 g/mol. The number of H-pyrrole nitrogens is 1. The Hall–Kier alpha value is -2.57. The number of piperazine rings is 1. The van der Waals surface area contributed by atoms with Crippen LogP contribution in [0.15, 0.2) is 58.1 Å². The summed E-state index contributed by atoms with van der Waals surface area (Å²) in [6, 6.07) is 15.2. The van der Waals surface area contributed by atoms with Crippen molar-refractivity contribution in [2.24, 2.45) is 0 Å². The number of anilines is 1. The molecule has 1 fully saturated rings. The molecule has 1 saturated heterocycles. The van der Waals surface area contributed by atoms with Gasteiger partial charge in [-0.15, -0.1) is 0 Å². The molecule has 2 aromatic carbocycles. The minimum absolute atomic E-state index is 0.202. The van der Waals surface area contributed by atoms with Crippen molar-refractivity contribution in [1.29, 1.82) is 0 Å². The minimum atomic E-state index is -0.323. The number of unbranched alkanes of at least 4 members (excludes halogenated alkanes) is 2. The fourth-order valence-corrected chi connectivity index (χ4v) is 4.27. The van der Waals surface area contributed by atoms with E-state index in [0.717, 1.165) is 57.0 Å². The summed E-state index contributed by atoms with van der Waals surface area (Å²) >= 11 is 6.10. The van der Waals surface area contributed by atoms with Crippen LogP contribution in [0, 0.1) is 0 Å². The molecule has 1 aliphatic rings. The van der Waals surface area contributed by atoms with Gasteiger partial charge in [-0.25, -0.2) is 4.79 Å². The van der Waals surface area contributed by atoms with Gasteiger partial charge in [0.15, 0.2) is 0 Å². The molecule has 158 valence electrons. The number of aromatic nitrogens is 2. The number of halogens is 1. The molecule has 0 radical (unpaired) electrons. The van der Waals surface area contributed by atoms with E-state index in [1.807, 2.05) is 30.3 Å². The first kappa shape index (κ1) is 20.7. The average Bonchev–Trinajstić information content (AvgIpc) is 2.76. The van der Waals surface area contributed by atoms with Gasteiger partial charge in [0.2, 0.25) is 0 Å². The van der Waals surface area contributed by atoms with Crippen LogP contribution in [0.2, 0.25) is 5.02 Å². The van der Waals surface area contributed by atoms with Gasteiger partial charge in [-0.05, 0) is 49.7 Å². The summed E-state index contributed by atoms with van der Waals surface area (Å²) in [5.74, 6) is 0. The highest BCUT2D eigenvalue weighted by Gasteiger charge is 2.17. The molecular formula is C23H27ClN4O2. The second-order valence-electron chi connectivity index (χ2n) is 7.80. The Balaban J connectivity index is 1.22. The molecule has 1 N–H and O–H groups in total. The van der Waals surface area contributed by atoms with Crippen molar-refractivity contribution in [2.75, 3.05) is 37.6 Å². The van der Waals surface area contributed by atoms with Gasteiger partial charge in [-0.1, -0.05) is 36.2 Å². The maximum atomic E-state index is 12.6. The van der Waals surface area contributed by atoms with Crippen LogP contribution in [0.1, 0.15) is 19.3 Å². The smallest absolute Gasteiger partial charge is 0.328 e. The van der Waals surface area contributed by atoms with Crippen LogP contribution in [0.3, 0.4) is 0 Å². The van der Waals surface area contributed by atoms with E-state index < -0.39 is 0 Å². The second-order valence-corrected chi connectivity index (χ2v) is 8.24. The first-order chi connectivity index (χ1) is 14.6. The number of benzene rings is 2. The number of para-hydroxylation sites is 1. The highest BCUT2D eigenvalue weighted by atomic mass is 35.5. The van der Waals surface area contributed by atoms with Gasteiger partial charge >= 0.3 is 5.69 Å².